The number of phenols is 1. The Labute approximate surface area is 137 Å². The zero-order chi connectivity index (χ0) is 17.1. The molecule has 120 valence electrons. The van der Waals surface area contributed by atoms with Crippen molar-refractivity contribution in [3.8, 4) is 16.9 Å². The summed E-state index contributed by atoms with van der Waals surface area (Å²) in [5, 5.41) is 15.6. The summed E-state index contributed by atoms with van der Waals surface area (Å²) in [5.74, 6) is -1.11. The molecule has 2 aromatic carbocycles. The van der Waals surface area contributed by atoms with Crippen LogP contribution in [0.1, 0.15) is 10.4 Å². The largest absolute Gasteiger partial charge is 0.507 e. The van der Waals surface area contributed by atoms with Crippen molar-refractivity contribution >= 4 is 17.6 Å². The monoisotopic (exact) mass is 324 g/mol. The Morgan fingerprint density at radius 2 is 2.21 bits per heavy atom. The molecule has 3 rings (SSSR count). The molecule has 6 nitrogen and oxygen atoms in total. The predicted octanol–water partition coefficient (Wildman–Crippen LogP) is 2.44. The van der Waals surface area contributed by atoms with Gasteiger partial charge in [-0.1, -0.05) is 18.2 Å². The van der Waals surface area contributed by atoms with E-state index in [0.29, 0.717) is 24.6 Å². The van der Waals surface area contributed by atoms with Gasteiger partial charge < -0.3 is 10.4 Å². The summed E-state index contributed by atoms with van der Waals surface area (Å²) < 4.78 is 13.6. The number of guanidine groups is 1. The number of rotatable bonds is 2. The summed E-state index contributed by atoms with van der Waals surface area (Å²) in [7, 11) is 0. The van der Waals surface area contributed by atoms with Crippen molar-refractivity contribution in [1.29, 1.82) is 0 Å². The molecule has 0 spiro atoms. The average molecular weight is 324 g/mol. The minimum absolute atomic E-state index is 0.0921. The zero-order valence-electron chi connectivity index (χ0n) is 12.5. The third-order valence-electron chi connectivity index (χ3n) is 3.53. The lowest BCUT2D eigenvalue weighted by molar-refractivity contribution is 0.0974. The number of hydrogen-bond acceptors (Lipinski definition) is 4. The first-order valence-electron chi connectivity index (χ1n) is 7.19. The highest BCUT2D eigenvalue weighted by molar-refractivity contribution is 6.12. The first-order valence-corrected chi connectivity index (χ1v) is 7.19. The Kier molecular flexibility index (Phi) is 4.12. The summed E-state index contributed by atoms with van der Waals surface area (Å²) >= 11 is 0. The second-order valence-electron chi connectivity index (χ2n) is 5.09. The van der Waals surface area contributed by atoms with Gasteiger partial charge in [-0.2, -0.15) is 0 Å². The van der Waals surface area contributed by atoms with E-state index in [1.54, 1.807) is 6.07 Å². The zero-order valence-corrected chi connectivity index (χ0v) is 12.5. The maximum Gasteiger partial charge on any atom is 0.261 e. The van der Waals surface area contributed by atoms with Crippen molar-refractivity contribution in [2.24, 2.45) is 4.99 Å². The van der Waals surface area contributed by atoms with Gasteiger partial charge in [0.1, 0.15) is 11.6 Å². The van der Waals surface area contributed by atoms with Crippen molar-refractivity contribution in [2.45, 2.75) is 0 Å². The standard InChI is InChI=1S/C17H13FN4O2/c1-19-12-5-6-13(23)15(16(24)22-17-20-7-8-21-17)14(12)10-3-2-4-11(18)9-10/h2-6,9,23H,7-8H2,(H2,20,21,22,24). The molecule has 1 aliphatic heterocycles. The fraction of sp³-hybridized carbons (Fsp3) is 0.118. The van der Waals surface area contributed by atoms with Gasteiger partial charge in [-0.3, -0.25) is 15.1 Å². The molecular formula is C17H13FN4O2. The lowest BCUT2D eigenvalue weighted by Gasteiger charge is -2.14. The Bertz CT molecular complexity index is 887. The molecule has 0 aromatic heterocycles. The lowest BCUT2D eigenvalue weighted by Crippen LogP contribution is -2.38. The van der Waals surface area contributed by atoms with Crippen LogP contribution in [-0.4, -0.2) is 30.1 Å². The van der Waals surface area contributed by atoms with Crippen molar-refractivity contribution in [1.82, 2.24) is 10.6 Å². The fourth-order valence-electron chi connectivity index (χ4n) is 2.49. The summed E-state index contributed by atoms with van der Waals surface area (Å²) in [6.07, 6.45) is 0. The van der Waals surface area contributed by atoms with Crippen LogP contribution >= 0.6 is 0 Å². The SMILES string of the molecule is [C-]#[N+]c1ccc(O)c(C(=O)NC2=NCCN2)c1-c1cccc(F)c1. The molecule has 0 atom stereocenters. The molecule has 3 N–H and O–H groups in total. The van der Waals surface area contributed by atoms with E-state index in [1.807, 2.05) is 0 Å². The van der Waals surface area contributed by atoms with E-state index in [-0.39, 0.29) is 22.6 Å². The second kappa shape index (κ2) is 6.38. The van der Waals surface area contributed by atoms with Gasteiger partial charge in [0.05, 0.1) is 18.7 Å². The number of halogens is 1. The number of hydrogen-bond donors (Lipinski definition) is 3. The third kappa shape index (κ3) is 2.90. The molecule has 1 amide bonds. The average Bonchev–Trinajstić information content (AvgIpc) is 3.07. The number of aliphatic imine (C=N–C) groups is 1. The normalized spacial score (nSPS) is 12.9. The molecular weight excluding hydrogens is 311 g/mol. The first kappa shape index (κ1) is 15.5. The summed E-state index contributed by atoms with van der Waals surface area (Å²) in [6, 6.07) is 8.20. The number of amides is 1. The maximum atomic E-state index is 13.6. The number of nitrogens with zero attached hydrogens (tertiary/aromatic N) is 2. The first-order chi connectivity index (χ1) is 11.6. The van der Waals surface area contributed by atoms with Crippen LogP contribution in [0.4, 0.5) is 10.1 Å². The number of phenolic OH excluding ortho intramolecular Hbond substituents is 1. The number of carbonyl (C=O) groups is 1. The van der Waals surface area contributed by atoms with Crippen molar-refractivity contribution in [3.05, 3.63) is 59.2 Å². The van der Waals surface area contributed by atoms with E-state index < -0.39 is 11.7 Å². The minimum atomic E-state index is -0.620. The smallest absolute Gasteiger partial charge is 0.261 e. The number of carbonyl (C=O) groups excluding carboxylic acids is 1. The Balaban J connectivity index is 2.14. The molecule has 0 radical (unpaired) electrons. The molecule has 0 unspecified atom stereocenters. The highest BCUT2D eigenvalue weighted by Crippen LogP contribution is 2.38. The van der Waals surface area contributed by atoms with Crippen molar-refractivity contribution < 1.29 is 14.3 Å². The van der Waals surface area contributed by atoms with Gasteiger partial charge in [0.25, 0.3) is 5.91 Å². The van der Waals surface area contributed by atoms with Crippen LogP contribution in [0.5, 0.6) is 5.75 Å². The van der Waals surface area contributed by atoms with Crippen LogP contribution in [0.2, 0.25) is 0 Å². The van der Waals surface area contributed by atoms with Crippen LogP contribution in [0.25, 0.3) is 16.0 Å². The van der Waals surface area contributed by atoms with E-state index in [4.69, 9.17) is 6.57 Å². The van der Waals surface area contributed by atoms with E-state index in [9.17, 15) is 14.3 Å². The highest BCUT2D eigenvalue weighted by Gasteiger charge is 2.23. The van der Waals surface area contributed by atoms with Gasteiger partial charge in [-0.05, 0) is 23.8 Å². The Morgan fingerprint density at radius 3 is 2.88 bits per heavy atom. The fourth-order valence-corrected chi connectivity index (χ4v) is 2.49. The van der Waals surface area contributed by atoms with Gasteiger partial charge in [-0.15, -0.1) is 0 Å². The topological polar surface area (TPSA) is 78.1 Å². The molecule has 0 bridgehead atoms. The van der Waals surface area contributed by atoms with Crippen LogP contribution in [0.3, 0.4) is 0 Å². The Morgan fingerprint density at radius 1 is 1.38 bits per heavy atom. The molecule has 0 saturated heterocycles. The minimum Gasteiger partial charge on any atom is -0.507 e. The van der Waals surface area contributed by atoms with Gasteiger partial charge in [-0.25, -0.2) is 9.24 Å². The lowest BCUT2D eigenvalue weighted by atomic mass is 9.96. The van der Waals surface area contributed by atoms with Gasteiger partial charge in [0.15, 0.2) is 11.6 Å². The van der Waals surface area contributed by atoms with Crippen LogP contribution in [0, 0.1) is 12.4 Å². The van der Waals surface area contributed by atoms with E-state index >= 15 is 0 Å². The molecule has 0 aliphatic carbocycles. The quantitative estimate of drug-likeness (QED) is 0.743. The van der Waals surface area contributed by atoms with Gasteiger partial charge in [0.2, 0.25) is 0 Å². The molecule has 0 saturated carbocycles. The summed E-state index contributed by atoms with van der Waals surface area (Å²) in [5.41, 5.74) is 0.569. The molecule has 2 aromatic rings. The predicted molar refractivity (Wildman–Crippen MR) is 87.5 cm³/mol. The molecule has 1 aliphatic rings. The van der Waals surface area contributed by atoms with Gasteiger partial charge in [0, 0.05) is 12.1 Å². The molecule has 1 heterocycles. The summed E-state index contributed by atoms with van der Waals surface area (Å²) in [4.78, 5) is 20.0. The second-order valence-corrected chi connectivity index (χ2v) is 5.09. The van der Waals surface area contributed by atoms with Crippen LogP contribution < -0.4 is 10.6 Å². The number of benzene rings is 2. The molecule has 0 fully saturated rings. The van der Waals surface area contributed by atoms with Crippen molar-refractivity contribution in [2.75, 3.05) is 13.1 Å². The maximum absolute atomic E-state index is 13.6. The molecule has 24 heavy (non-hydrogen) atoms. The van der Waals surface area contributed by atoms with Gasteiger partial charge >= 0.3 is 0 Å². The number of nitrogens with one attached hydrogen (secondary N) is 2. The summed E-state index contributed by atoms with van der Waals surface area (Å²) in [6.45, 7) is 8.46. The molecule has 7 heteroatoms. The van der Waals surface area contributed by atoms with Crippen LogP contribution in [-0.2, 0) is 0 Å². The van der Waals surface area contributed by atoms with E-state index in [2.05, 4.69) is 20.5 Å². The third-order valence-corrected chi connectivity index (χ3v) is 3.53. The highest BCUT2D eigenvalue weighted by atomic mass is 19.1. The number of aromatic hydroxyl groups is 1. The van der Waals surface area contributed by atoms with Crippen LogP contribution in [0.15, 0.2) is 41.4 Å². The van der Waals surface area contributed by atoms with Crippen molar-refractivity contribution in [3.63, 3.8) is 0 Å². The van der Waals surface area contributed by atoms with E-state index in [0.717, 1.165) is 0 Å². The Hall–Kier alpha value is -3.40. The van der Waals surface area contributed by atoms with E-state index in [1.165, 1.54) is 30.3 Å².